The van der Waals surface area contributed by atoms with E-state index in [4.69, 9.17) is 5.11 Å². The molecule has 0 aliphatic rings. The number of carbonyl (C=O) groups is 2. The number of aryl methyl sites for hydroxylation is 2. The van der Waals surface area contributed by atoms with Gasteiger partial charge in [0.15, 0.2) is 5.69 Å². The quantitative estimate of drug-likeness (QED) is 0.887. The molecular formula is C17H21N3O3. The van der Waals surface area contributed by atoms with Crippen molar-refractivity contribution in [2.45, 2.75) is 33.7 Å². The maximum absolute atomic E-state index is 12.3. The van der Waals surface area contributed by atoms with Crippen LogP contribution in [0.4, 0.5) is 0 Å². The Morgan fingerprint density at radius 1 is 1.17 bits per heavy atom. The van der Waals surface area contributed by atoms with Crippen LogP contribution in [0.1, 0.15) is 35.6 Å². The SMILES string of the molecule is Cc1ccc(-n2nc(C(=O)N[C@@H](C(=O)O)C(C)C)cc2C)cc1. The number of carboxylic acids is 1. The van der Waals surface area contributed by atoms with Gasteiger partial charge in [-0.05, 0) is 38.0 Å². The highest BCUT2D eigenvalue weighted by Crippen LogP contribution is 2.13. The predicted octanol–water partition coefficient (Wildman–Crippen LogP) is 2.33. The van der Waals surface area contributed by atoms with Gasteiger partial charge in [0.1, 0.15) is 6.04 Å². The summed E-state index contributed by atoms with van der Waals surface area (Å²) in [5, 5.41) is 16.0. The monoisotopic (exact) mass is 315 g/mol. The lowest BCUT2D eigenvalue weighted by atomic mass is 10.0. The van der Waals surface area contributed by atoms with Gasteiger partial charge in [0.2, 0.25) is 0 Å². The number of nitrogens with one attached hydrogen (secondary N) is 1. The van der Waals surface area contributed by atoms with Crippen molar-refractivity contribution < 1.29 is 14.7 Å². The second kappa shape index (κ2) is 6.64. The van der Waals surface area contributed by atoms with Crippen LogP contribution >= 0.6 is 0 Å². The molecule has 0 saturated heterocycles. The molecule has 2 N–H and O–H groups in total. The predicted molar refractivity (Wildman–Crippen MR) is 86.8 cm³/mol. The van der Waals surface area contributed by atoms with Crippen LogP contribution in [0.3, 0.4) is 0 Å². The molecule has 2 rings (SSSR count). The van der Waals surface area contributed by atoms with Gasteiger partial charge in [-0.15, -0.1) is 0 Å². The van der Waals surface area contributed by atoms with Crippen LogP contribution in [-0.2, 0) is 4.79 Å². The number of carboxylic acid groups (broad SMARTS) is 1. The molecule has 0 fully saturated rings. The minimum atomic E-state index is -1.05. The summed E-state index contributed by atoms with van der Waals surface area (Å²) in [4.78, 5) is 23.5. The van der Waals surface area contributed by atoms with Crippen LogP contribution in [-0.4, -0.2) is 32.8 Å². The Bertz CT molecular complexity index is 717. The van der Waals surface area contributed by atoms with Gasteiger partial charge in [-0.2, -0.15) is 5.10 Å². The van der Waals surface area contributed by atoms with Crippen molar-refractivity contribution in [3.05, 3.63) is 47.3 Å². The fourth-order valence-corrected chi connectivity index (χ4v) is 2.26. The smallest absolute Gasteiger partial charge is 0.326 e. The Labute approximate surface area is 135 Å². The van der Waals surface area contributed by atoms with E-state index in [0.717, 1.165) is 16.9 Å². The van der Waals surface area contributed by atoms with Crippen molar-refractivity contribution in [1.82, 2.24) is 15.1 Å². The van der Waals surface area contributed by atoms with Gasteiger partial charge in [-0.3, -0.25) is 4.79 Å². The number of benzene rings is 1. The van der Waals surface area contributed by atoms with Crippen LogP contribution in [0.25, 0.3) is 5.69 Å². The van der Waals surface area contributed by atoms with E-state index < -0.39 is 17.9 Å². The number of aromatic nitrogens is 2. The molecule has 2 aromatic rings. The zero-order chi connectivity index (χ0) is 17.1. The minimum Gasteiger partial charge on any atom is -0.480 e. The molecule has 122 valence electrons. The molecule has 6 nitrogen and oxygen atoms in total. The Hall–Kier alpha value is -2.63. The van der Waals surface area contributed by atoms with E-state index in [2.05, 4.69) is 10.4 Å². The summed E-state index contributed by atoms with van der Waals surface area (Å²) in [7, 11) is 0. The third kappa shape index (κ3) is 3.77. The van der Waals surface area contributed by atoms with E-state index in [9.17, 15) is 9.59 Å². The summed E-state index contributed by atoms with van der Waals surface area (Å²) in [6.45, 7) is 7.34. The largest absolute Gasteiger partial charge is 0.480 e. The Morgan fingerprint density at radius 2 is 1.78 bits per heavy atom. The van der Waals surface area contributed by atoms with Gasteiger partial charge in [0, 0.05) is 5.69 Å². The van der Waals surface area contributed by atoms with Crippen LogP contribution in [0, 0.1) is 19.8 Å². The van der Waals surface area contributed by atoms with E-state index >= 15 is 0 Å². The maximum Gasteiger partial charge on any atom is 0.326 e. The molecule has 23 heavy (non-hydrogen) atoms. The van der Waals surface area contributed by atoms with Crippen molar-refractivity contribution in [2.75, 3.05) is 0 Å². The average Bonchev–Trinajstić information content (AvgIpc) is 2.86. The molecule has 1 amide bonds. The van der Waals surface area contributed by atoms with Gasteiger partial charge >= 0.3 is 5.97 Å². The first-order valence-corrected chi connectivity index (χ1v) is 7.47. The lowest BCUT2D eigenvalue weighted by Crippen LogP contribution is -2.44. The molecule has 1 atom stereocenters. The van der Waals surface area contributed by atoms with Gasteiger partial charge in [-0.25, -0.2) is 9.48 Å². The highest BCUT2D eigenvalue weighted by atomic mass is 16.4. The average molecular weight is 315 g/mol. The fraction of sp³-hybridized carbons (Fsp3) is 0.353. The molecule has 0 aliphatic heterocycles. The van der Waals surface area contributed by atoms with Crippen LogP contribution in [0.5, 0.6) is 0 Å². The van der Waals surface area contributed by atoms with Gasteiger partial charge in [0.05, 0.1) is 5.69 Å². The van der Waals surface area contributed by atoms with Crippen LogP contribution < -0.4 is 5.32 Å². The van der Waals surface area contributed by atoms with Crippen LogP contribution in [0.15, 0.2) is 30.3 Å². The van der Waals surface area contributed by atoms with E-state index in [-0.39, 0.29) is 11.6 Å². The Kier molecular flexibility index (Phi) is 4.83. The molecule has 1 aromatic carbocycles. The summed E-state index contributed by atoms with van der Waals surface area (Å²) in [5.74, 6) is -1.75. The van der Waals surface area contributed by atoms with Gasteiger partial charge < -0.3 is 10.4 Å². The normalized spacial score (nSPS) is 12.2. The minimum absolute atomic E-state index is 0.204. The Balaban J connectivity index is 2.24. The number of hydrogen-bond donors (Lipinski definition) is 2. The molecule has 0 saturated carbocycles. The molecule has 6 heteroatoms. The van der Waals surface area contributed by atoms with Crippen molar-refractivity contribution in [2.24, 2.45) is 5.92 Å². The molecule has 1 heterocycles. The molecule has 0 spiro atoms. The summed E-state index contributed by atoms with van der Waals surface area (Å²) in [6.07, 6.45) is 0. The lowest BCUT2D eigenvalue weighted by Gasteiger charge is -2.16. The highest BCUT2D eigenvalue weighted by Gasteiger charge is 2.25. The van der Waals surface area contributed by atoms with Gasteiger partial charge in [0.25, 0.3) is 5.91 Å². The number of carbonyl (C=O) groups excluding carboxylic acids is 1. The van der Waals surface area contributed by atoms with Gasteiger partial charge in [-0.1, -0.05) is 31.5 Å². The lowest BCUT2D eigenvalue weighted by molar-refractivity contribution is -0.140. The number of hydrogen-bond acceptors (Lipinski definition) is 3. The fourth-order valence-electron chi connectivity index (χ4n) is 2.26. The summed E-state index contributed by atoms with van der Waals surface area (Å²) >= 11 is 0. The second-order valence-electron chi connectivity index (χ2n) is 5.95. The van der Waals surface area contributed by atoms with E-state index in [1.807, 2.05) is 38.1 Å². The first-order valence-electron chi connectivity index (χ1n) is 7.47. The summed E-state index contributed by atoms with van der Waals surface area (Å²) < 4.78 is 1.67. The number of amides is 1. The van der Waals surface area contributed by atoms with E-state index in [1.165, 1.54) is 0 Å². The molecule has 0 radical (unpaired) electrons. The third-order valence-electron chi connectivity index (χ3n) is 3.62. The third-order valence-corrected chi connectivity index (χ3v) is 3.62. The van der Waals surface area contributed by atoms with Crippen molar-refractivity contribution in [3.63, 3.8) is 0 Å². The number of aliphatic carboxylic acids is 1. The molecule has 0 aliphatic carbocycles. The zero-order valence-electron chi connectivity index (χ0n) is 13.7. The number of nitrogens with zero attached hydrogens (tertiary/aromatic N) is 2. The molecule has 0 bridgehead atoms. The zero-order valence-corrected chi connectivity index (χ0v) is 13.7. The Morgan fingerprint density at radius 3 is 2.30 bits per heavy atom. The first kappa shape index (κ1) is 16.7. The summed E-state index contributed by atoms with van der Waals surface area (Å²) in [5.41, 5.74) is 2.99. The highest BCUT2D eigenvalue weighted by molar-refractivity contribution is 5.95. The molecule has 1 aromatic heterocycles. The van der Waals surface area contributed by atoms with Crippen LogP contribution in [0.2, 0.25) is 0 Å². The van der Waals surface area contributed by atoms with Crippen molar-refractivity contribution in [3.8, 4) is 5.69 Å². The number of rotatable bonds is 5. The van der Waals surface area contributed by atoms with E-state index in [0.29, 0.717) is 0 Å². The second-order valence-corrected chi connectivity index (χ2v) is 5.95. The molecular weight excluding hydrogens is 294 g/mol. The summed E-state index contributed by atoms with van der Waals surface area (Å²) in [6, 6.07) is 8.49. The van der Waals surface area contributed by atoms with Crippen molar-refractivity contribution in [1.29, 1.82) is 0 Å². The van der Waals surface area contributed by atoms with Crippen molar-refractivity contribution >= 4 is 11.9 Å². The maximum atomic E-state index is 12.3. The van der Waals surface area contributed by atoms with E-state index in [1.54, 1.807) is 24.6 Å². The first-order chi connectivity index (χ1) is 10.8. The standard InChI is InChI=1S/C17H21N3O3/c1-10(2)15(17(22)23)18-16(21)14-9-12(4)20(19-14)13-7-5-11(3)6-8-13/h5-10,15H,1-4H3,(H,18,21)(H,22,23)/t15-/m1/s1. The molecule has 0 unspecified atom stereocenters. The topological polar surface area (TPSA) is 84.2 Å².